The number of hydrogen-bond acceptors (Lipinski definition) is 5. The van der Waals surface area contributed by atoms with Gasteiger partial charge in [-0.05, 0) is 27.0 Å². The molecule has 0 amide bonds. The van der Waals surface area contributed by atoms with E-state index < -0.39 is 0 Å². The van der Waals surface area contributed by atoms with E-state index in [0.717, 1.165) is 31.7 Å². The van der Waals surface area contributed by atoms with E-state index in [2.05, 4.69) is 21.8 Å². The predicted molar refractivity (Wildman–Crippen MR) is 95.4 cm³/mol. The third-order valence-electron chi connectivity index (χ3n) is 4.66. The highest BCUT2D eigenvalue weighted by Crippen LogP contribution is 2.28. The summed E-state index contributed by atoms with van der Waals surface area (Å²) in [7, 11) is 2.07. The standard InChI is InChI=1S/C18H25FN4O2/c1-4-23-16-11-15(22-8-6-21(3)7-9-22)13(19)10-14(16)20-17(23)12-18(24)25-5-2/h10-11H,4-9,12H2,1-3H3. The van der Waals surface area contributed by atoms with Gasteiger partial charge in [0.1, 0.15) is 18.1 Å². The number of rotatable bonds is 5. The van der Waals surface area contributed by atoms with Gasteiger partial charge in [-0.15, -0.1) is 0 Å². The van der Waals surface area contributed by atoms with Crippen LogP contribution in [0.2, 0.25) is 0 Å². The maximum absolute atomic E-state index is 14.6. The maximum Gasteiger partial charge on any atom is 0.313 e. The minimum absolute atomic E-state index is 0.0990. The van der Waals surface area contributed by atoms with E-state index in [0.29, 0.717) is 30.2 Å². The summed E-state index contributed by atoms with van der Waals surface area (Å²) < 4.78 is 21.6. The van der Waals surface area contributed by atoms with E-state index in [1.165, 1.54) is 6.07 Å². The van der Waals surface area contributed by atoms with Gasteiger partial charge in [0.15, 0.2) is 0 Å². The number of aryl methyl sites for hydroxylation is 1. The van der Waals surface area contributed by atoms with Gasteiger partial charge in [-0.25, -0.2) is 9.37 Å². The van der Waals surface area contributed by atoms with Crippen molar-refractivity contribution >= 4 is 22.7 Å². The van der Waals surface area contributed by atoms with Crippen molar-refractivity contribution in [1.29, 1.82) is 0 Å². The van der Waals surface area contributed by atoms with Crippen LogP contribution in [0.3, 0.4) is 0 Å². The molecular weight excluding hydrogens is 323 g/mol. The van der Waals surface area contributed by atoms with Crippen molar-refractivity contribution in [2.24, 2.45) is 0 Å². The van der Waals surface area contributed by atoms with E-state index in [-0.39, 0.29) is 18.2 Å². The molecule has 0 unspecified atom stereocenters. The number of carbonyl (C=O) groups is 1. The first kappa shape index (κ1) is 17.7. The summed E-state index contributed by atoms with van der Waals surface area (Å²) in [6, 6.07) is 3.34. The molecule has 25 heavy (non-hydrogen) atoms. The van der Waals surface area contributed by atoms with Crippen molar-refractivity contribution in [3.63, 3.8) is 0 Å². The second-order valence-electron chi connectivity index (χ2n) is 6.34. The lowest BCUT2D eigenvalue weighted by molar-refractivity contribution is -0.142. The molecule has 1 fully saturated rings. The quantitative estimate of drug-likeness (QED) is 0.774. The number of imidazole rings is 1. The molecule has 2 heterocycles. The van der Waals surface area contributed by atoms with Gasteiger partial charge in [0.05, 0.1) is 23.3 Å². The van der Waals surface area contributed by atoms with Gasteiger partial charge in [-0.2, -0.15) is 0 Å². The topological polar surface area (TPSA) is 50.6 Å². The maximum atomic E-state index is 14.6. The summed E-state index contributed by atoms with van der Waals surface area (Å²) in [4.78, 5) is 20.6. The van der Waals surface area contributed by atoms with Gasteiger partial charge in [0.2, 0.25) is 0 Å². The number of benzene rings is 1. The number of nitrogens with zero attached hydrogens (tertiary/aromatic N) is 4. The fraction of sp³-hybridized carbons (Fsp3) is 0.556. The number of carbonyl (C=O) groups excluding carboxylic acids is 1. The summed E-state index contributed by atoms with van der Waals surface area (Å²) in [5.41, 5.74) is 2.05. The molecule has 0 saturated carbocycles. The van der Waals surface area contributed by atoms with Crippen molar-refractivity contribution < 1.29 is 13.9 Å². The molecule has 136 valence electrons. The lowest BCUT2D eigenvalue weighted by Crippen LogP contribution is -2.44. The molecule has 0 radical (unpaired) electrons. The molecule has 3 rings (SSSR count). The Kier molecular flexibility index (Phi) is 5.22. The van der Waals surface area contributed by atoms with Gasteiger partial charge in [0, 0.05) is 38.8 Å². The molecule has 1 saturated heterocycles. The van der Waals surface area contributed by atoms with Crippen LogP contribution >= 0.6 is 0 Å². The first-order valence-electron chi connectivity index (χ1n) is 8.81. The van der Waals surface area contributed by atoms with Gasteiger partial charge in [-0.1, -0.05) is 0 Å². The number of aromatic nitrogens is 2. The molecule has 2 aromatic rings. The average Bonchev–Trinajstić information content (AvgIpc) is 2.90. The molecule has 1 aromatic carbocycles. The van der Waals surface area contributed by atoms with E-state index in [9.17, 15) is 9.18 Å². The number of likely N-dealkylation sites (N-methyl/N-ethyl adjacent to an activating group) is 1. The minimum Gasteiger partial charge on any atom is -0.466 e. The van der Waals surface area contributed by atoms with Gasteiger partial charge < -0.3 is 19.1 Å². The fourth-order valence-electron chi connectivity index (χ4n) is 3.30. The highest BCUT2D eigenvalue weighted by atomic mass is 19.1. The van der Waals surface area contributed by atoms with Crippen LogP contribution < -0.4 is 4.90 Å². The van der Waals surface area contributed by atoms with Crippen LogP contribution in [0.5, 0.6) is 0 Å². The summed E-state index contributed by atoms with van der Waals surface area (Å²) in [5, 5.41) is 0. The van der Waals surface area contributed by atoms with E-state index in [1.807, 2.05) is 17.6 Å². The molecule has 7 heteroatoms. The van der Waals surface area contributed by atoms with Crippen LogP contribution in [0.1, 0.15) is 19.7 Å². The predicted octanol–water partition coefficient (Wildman–Crippen LogP) is 2.05. The fourth-order valence-corrected chi connectivity index (χ4v) is 3.30. The van der Waals surface area contributed by atoms with Crippen LogP contribution in [0.4, 0.5) is 10.1 Å². The normalized spacial score (nSPS) is 15.8. The smallest absolute Gasteiger partial charge is 0.313 e. The third kappa shape index (κ3) is 3.61. The zero-order chi connectivity index (χ0) is 18.0. The summed E-state index contributed by atoms with van der Waals surface area (Å²) >= 11 is 0. The van der Waals surface area contributed by atoms with Gasteiger partial charge in [0.25, 0.3) is 0 Å². The Morgan fingerprint density at radius 2 is 1.96 bits per heavy atom. The van der Waals surface area contributed by atoms with Crippen LogP contribution in [0, 0.1) is 5.82 Å². The lowest BCUT2D eigenvalue weighted by Gasteiger charge is -2.34. The molecule has 1 aliphatic rings. The molecule has 6 nitrogen and oxygen atoms in total. The Labute approximate surface area is 147 Å². The van der Waals surface area contributed by atoms with E-state index >= 15 is 0 Å². The number of piperazine rings is 1. The highest BCUT2D eigenvalue weighted by Gasteiger charge is 2.21. The first-order chi connectivity index (χ1) is 12.0. The first-order valence-corrected chi connectivity index (χ1v) is 8.81. The summed E-state index contributed by atoms with van der Waals surface area (Å²) in [5.74, 6) is 0.0404. The van der Waals surface area contributed by atoms with Crippen LogP contribution in [-0.2, 0) is 22.5 Å². The van der Waals surface area contributed by atoms with Crippen molar-refractivity contribution in [3.8, 4) is 0 Å². The Balaban J connectivity index is 1.96. The van der Waals surface area contributed by atoms with Crippen LogP contribution in [0.25, 0.3) is 11.0 Å². The third-order valence-corrected chi connectivity index (χ3v) is 4.66. The van der Waals surface area contributed by atoms with Crippen LogP contribution in [0.15, 0.2) is 12.1 Å². The Morgan fingerprint density at radius 1 is 1.24 bits per heavy atom. The molecule has 0 aliphatic carbocycles. The zero-order valence-electron chi connectivity index (χ0n) is 15.1. The number of hydrogen-bond donors (Lipinski definition) is 0. The molecule has 0 bridgehead atoms. The number of ether oxygens (including phenoxy) is 1. The summed E-state index contributed by atoms with van der Waals surface area (Å²) in [6.45, 7) is 8.21. The second-order valence-corrected chi connectivity index (χ2v) is 6.34. The van der Waals surface area contributed by atoms with Crippen LogP contribution in [-0.4, -0.2) is 60.3 Å². The van der Waals surface area contributed by atoms with Crippen molar-refractivity contribution in [3.05, 3.63) is 23.8 Å². The minimum atomic E-state index is -0.313. The Morgan fingerprint density at radius 3 is 2.60 bits per heavy atom. The summed E-state index contributed by atoms with van der Waals surface area (Å²) in [6.07, 6.45) is 0.0990. The number of fused-ring (bicyclic) bond motifs is 1. The number of halogens is 1. The average molecular weight is 348 g/mol. The van der Waals surface area contributed by atoms with Crippen molar-refractivity contribution in [1.82, 2.24) is 14.5 Å². The van der Waals surface area contributed by atoms with E-state index in [1.54, 1.807) is 6.92 Å². The van der Waals surface area contributed by atoms with Gasteiger partial charge in [-0.3, -0.25) is 4.79 Å². The molecular formula is C18H25FN4O2. The number of anilines is 1. The number of esters is 1. The Hall–Kier alpha value is -2.15. The monoisotopic (exact) mass is 348 g/mol. The molecule has 1 aliphatic heterocycles. The highest BCUT2D eigenvalue weighted by molar-refractivity contribution is 5.82. The molecule has 0 N–H and O–H groups in total. The zero-order valence-corrected chi connectivity index (χ0v) is 15.1. The molecule has 0 spiro atoms. The lowest BCUT2D eigenvalue weighted by atomic mass is 10.2. The Bertz CT molecular complexity index is 766. The van der Waals surface area contributed by atoms with Crippen molar-refractivity contribution in [2.45, 2.75) is 26.8 Å². The largest absolute Gasteiger partial charge is 0.466 e. The van der Waals surface area contributed by atoms with Gasteiger partial charge >= 0.3 is 5.97 Å². The molecule has 0 atom stereocenters. The SMILES string of the molecule is CCOC(=O)Cc1nc2cc(F)c(N3CCN(C)CC3)cc2n1CC. The van der Waals surface area contributed by atoms with Crippen molar-refractivity contribution in [2.75, 3.05) is 44.7 Å². The molecule has 1 aromatic heterocycles. The second kappa shape index (κ2) is 7.39. The van der Waals surface area contributed by atoms with E-state index in [4.69, 9.17) is 4.74 Å².